The second-order valence-electron chi connectivity index (χ2n) is 5.70. The van der Waals surface area contributed by atoms with Crippen LogP contribution in [0, 0.1) is 0 Å². The molecular formula is C19H14ClNOS. The summed E-state index contributed by atoms with van der Waals surface area (Å²) < 4.78 is 0. The second-order valence-corrected chi connectivity index (χ2v) is 7.19. The summed E-state index contributed by atoms with van der Waals surface area (Å²) in [6, 6.07) is 14.1. The summed E-state index contributed by atoms with van der Waals surface area (Å²) in [6.45, 7) is 0. The minimum Gasteiger partial charge on any atom is -0.293 e. The van der Waals surface area contributed by atoms with Crippen molar-refractivity contribution < 1.29 is 4.79 Å². The van der Waals surface area contributed by atoms with Gasteiger partial charge in [0.15, 0.2) is 5.78 Å². The zero-order valence-electron chi connectivity index (χ0n) is 12.3. The quantitative estimate of drug-likeness (QED) is 0.610. The van der Waals surface area contributed by atoms with Crippen LogP contribution >= 0.6 is 22.9 Å². The number of halogens is 1. The van der Waals surface area contributed by atoms with Gasteiger partial charge in [0.25, 0.3) is 0 Å². The molecule has 1 aromatic carbocycles. The maximum absolute atomic E-state index is 12.3. The number of ketones is 1. The first kappa shape index (κ1) is 14.6. The molecule has 0 fully saturated rings. The van der Waals surface area contributed by atoms with Crippen LogP contribution in [0.3, 0.4) is 0 Å². The molecule has 0 saturated carbocycles. The van der Waals surface area contributed by atoms with Gasteiger partial charge < -0.3 is 0 Å². The molecule has 4 heteroatoms. The van der Waals surface area contributed by atoms with Gasteiger partial charge in [0.05, 0.1) is 4.88 Å². The summed E-state index contributed by atoms with van der Waals surface area (Å²) in [5.41, 5.74) is 3.49. The van der Waals surface area contributed by atoms with Crippen molar-refractivity contribution in [3.05, 3.63) is 75.9 Å². The number of carbonyl (C=O) groups is 1. The number of fused-ring (bicyclic) bond motifs is 1. The molecule has 2 aromatic heterocycles. The van der Waals surface area contributed by atoms with Crippen LogP contribution < -0.4 is 0 Å². The molecule has 2 heterocycles. The van der Waals surface area contributed by atoms with E-state index < -0.39 is 0 Å². The fourth-order valence-electron chi connectivity index (χ4n) is 3.13. The van der Waals surface area contributed by atoms with Crippen molar-refractivity contribution in [2.24, 2.45) is 0 Å². The van der Waals surface area contributed by atoms with Gasteiger partial charge in [-0.2, -0.15) is 0 Å². The molecule has 2 nitrogen and oxygen atoms in total. The maximum atomic E-state index is 12.3. The van der Waals surface area contributed by atoms with Crippen LogP contribution in [0.2, 0.25) is 5.02 Å². The van der Waals surface area contributed by atoms with E-state index in [9.17, 15) is 4.79 Å². The Bertz CT molecular complexity index is 855. The Kier molecular flexibility index (Phi) is 3.76. The highest BCUT2D eigenvalue weighted by Gasteiger charge is 2.29. The standard InChI is InChI=1S/C19H14ClNOS/c20-14-3-1-12(2-4-14)15-5-6-17(22)19-16(15)11-18(23-19)13-7-9-21-10-8-13/h1-4,7-11,15H,5-6H2. The molecule has 4 rings (SSSR count). The molecule has 1 atom stereocenters. The first-order chi connectivity index (χ1) is 11.2. The number of Topliss-reactive ketones (excluding diaryl/α,β-unsaturated/α-hetero) is 1. The predicted octanol–water partition coefficient (Wildman–Crippen LogP) is 5.57. The summed E-state index contributed by atoms with van der Waals surface area (Å²) in [6.07, 6.45) is 5.04. The van der Waals surface area contributed by atoms with Gasteiger partial charge in [0.2, 0.25) is 0 Å². The average molecular weight is 340 g/mol. The molecule has 0 N–H and O–H groups in total. The zero-order chi connectivity index (χ0) is 15.8. The summed E-state index contributed by atoms with van der Waals surface area (Å²) in [5, 5.41) is 0.739. The normalized spacial score (nSPS) is 17.1. The third-order valence-electron chi connectivity index (χ3n) is 4.29. The molecule has 1 aliphatic carbocycles. The van der Waals surface area contributed by atoms with Gasteiger partial charge in [-0.3, -0.25) is 9.78 Å². The van der Waals surface area contributed by atoms with E-state index in [2.05, 4.69) is 23.2 Å². The fourth-order valence-corrected chi connectivity index (χ4v) is 4.45. The Labute approximate surface area is 143 Å². The van der Waals surface area contributed by atoms with Crippen LogP contribution in [0.4, 0.5) is 0 Å². The Hall–Kier alpha value is -1.97. The van der Waals surface area contributed by atoms with Gasteiger partial charge in [0, 0.05) is 34.6 Å². The lowest BCUT2D eigenvalue weighted by Gasteiger charge is -2.22. The number of aromatic nitrogens is 1. The zero-order valence-corrected chi connectivity index (χ0v) is 13.9. The molecule has 0 radical (unpaired) electrons. The molecule has 114 valence electrons. The smallest absolute Gasteiger partial charge is 0.173 e. The van der Waals surface area contributed by atoms with Crippen LogP contribution in [0.25, 0.3) is 10.4 Å². The Morgan fingerprint density at radius 1 is 1.09 bits per heavy atom. The number of rotatable bonds is 2. The fraction of sp³-hybridized carbons (Fsp3) is 0.158. The van der Waals surface area contributed by atoms with E-state index in [4.69, 9.17) is 11.6 Å². The average Bonchev–Trinajstić information content (AvgIpc) is 3.03. The monoisotopic (exact) mass is 339 g/mol. The van der Waals surface area contributed by atoms with Gasteiger partial charge in [-0.1, -0.05) is 23.7 Å². The number of hydrogen-bond acceptors (Lipinski definition) is 3. The third kappa shape index (κ3) is 2.71. The second kappa shape index (κ2) is 5.91. The molecule has 1 aliphatic rings. The molecule has 0 amide bonds. The molecule has 3 aromatic rings. The predicted molar refractivity (Wildman–Crippen MR) is 94.4 cm³/mol. The molecular weight excluding hydrogens is 326 g/mol. The van der Waals surface area contributed by atoms with Gasteiger partial charge in [0.1, 0.15) is 0 Å². The minimum absolute atomic E-state index is 0.260. The minimum atomic E-state index is 0.260. The van der Waals surface area contributed by atoms with Gasteiger partial charge >= 0.3 is 0 Å². The lowest BCUT2D eigenvalue weighted by molar-refractivity contribution is 0.0974. The van der Waals surface area contributed by atoms with E-state index in [0.717, 1.165) is 32.3 Å². The van der Waals surface area contributed by atoms with Crippen molar-refractivity contribution in [1.29, 1.82) is 0 Å². The number of thiophene rings is 1. The largest absolute Gasteiger partial charge is 0.293 e. The SMILES string of the molecule is O=C1CCC(c2ccc(Cl)cc2)c2cc(-c3ccncc3)sc21. The molecule has 23 heavy (non-hydrogen) atoms. The van der Waals surface area contributed by atoms with E-state index in [1.807, 2.05) is 24.3 Å². The van der Waals surface area contributed by atoms with Crippen LogP contribution in [0.15, 0.2) is 54.9 Å². The highest BCUT2D eigenvalue weighted by molar-refractivity contribution is 7.17. The molecule has 0 spiro atoms. The van der Waals surface area contributed by atoms with Gasteiger partial charge in [-0.05, 0) is 53.4 Å². The Morgan fingerprint density at radius 2 is 1.83 bits per heavy atom. The highest BCUT2D eigenvalue weighted by atomic mass is 35.5. The molecule has 0 bridgehead atoms. The van der Waals surface area contributed by atoms with Crippen molar-refractivity contribution in [3.63, 3.8) is 0 Å². The summed E-state index contributed by atoms with van der Waals surface area (Å²) in [7, 11) is 0. The van der Waals surface area contributed by atoms with Crippen molar-refractivity contribution in [1.82, 2.24) is 4.98 Å². The van der Waals surface area contributed by atoms with E-state index >= 15 is 0 Å². The molecule has 1 unspecified atom stereocenters. The third-order valence-corrected chi connectivity index (χ3v) is 5.78. The first-order valence-electron chi connectivity index (χ1n) is 7.55. The van der Waals surface area contributed by atoms with E-state index in [1.165, 1.54) is 5.56 Å². The molecule has 0 aliphatic heterocycles. The Balaban J connectivity index is 1.80. The number of hydrogen-bond donors (Lipinski definition) is 0. The van der Waals surface area contributed by atoms with Crippen LogP contribution in [0.1, 0.15) is 39.6 Å². The lowest BCUT2D eigenvalue weighted by Crippen LogP contribution is -2.13. The van der Waals surface area contributed by atoms with Gasteiger partial charge in [-0.25, -0.2) is 0 Å². The number of benzene rings is 1. The highest BCUT2D eigenvalue weighted by Crippen LogP contribution is 2.43. The van der Waals surface area contributed by atoms with E-state index in [-0.39, 0.29) is 11.7 Å². The topological polar surface area (TPSA) is 30.0 Å². The molecule has 0 saturated heterocycles. The van der Waals surface area contributed by atoms with E-state index in [1.54, 1.807) is 23.7 Å². The number of pyridine rings is 1. The Morgan fingerprint density at radius 3 is 2.57 bits per heavy atom. The first-order valence-corrected chi connectivity index (χ1v) is 8.74. The van der Waals surface area contributed by atoms with E-state index in [0.29, 0.717) is 6.42 Å². The summed E-state index contributed by atoms with van der Waals surface area (Å²) in [5.74, 6) is 0.530. The lowest BCUT2D eigenvalue weighted by atomic mass is 9.82. The van der Waals surface area contributed by atoms with Crippen LogP contribution in [-0.2, 0) is 0 Å². The summed E-state index contributed by atoms with van der Waals surface area (Å²) in [4.78, 5) is 18.4. The van der Waals surface area contributed by atoms with Crippen molar-refractivity contribution in [3.8, 4) is 10.4 Å². The number of nitrogens with zero attached hydrogens (tertiary/aromatic N) is 1. The van der Waals surface area contributed by atoms with Crippen molar-refractivity contribution in [2.75, 3.05) is 0 Å². The number of carbonyl (C=O) groups excluding carboxylic acids is 1. The maximum Gasteiger partial charge on any atom is 0.173 e. The summed E-state index contributed by atoms with van der Waals surface area (Å²) >= 11 is 7.59. The van der Waals surface area contributed by atoms with Crippen molar-refractivity contribution >= 4 is 28.7 Å². The van der Waals surface area contributed by atoms with Crippen LogP contribution in [-0.4, -0.2) is 10.8 Å². The van der Waals surface area contributed by atoms with Crippen molar-refractivity contribution in [2.45, 2.75) is 18.8 Å². The van der Waals surface area contributed by atoms with Gasteiger partial charge in [-0.15, -0.1) is 11.3 Å². The van der Waals surface area contributed by atoms with Crippen LogP contribution in [0.5, 0.6) is 0 Å².